The zero-order valence-corrected chi connectivity index (χ0v) is 73.2. The van der Waals surface area contributed by atoms with Crippen molar-refractivity contribution in [2.45, 2.75) is 301 Å². The van der Waals surface area contributed by atoms with Crippen LogP contribution in [0.5, 0.6) is 0 Å². The number of alkyl halides is 39. The van der Waals surface area contributed by atoms with E-state index >= 15 is 0 Å². The van der Waals surface area contributed by atoms with Crippen LogP contribution in [0, 0.1) is 136 Å². The molecule has 0 radical (unpaired) electrons. The van der Waals surface area contributed by atoms with Crippen LogP contribution in [0.1, 0.15) is 172 Å². The molecule has 10 saturated carbocycles. The van der Waals surface area contributed by atoms with Crippen LogP contribution in [0.25, 0.3) is 0 Å². The van der Waals surface area contributed by atoms with Gasteiger partial charge in [-0.25, -0.2) is 96.6 Å². The molecule has 0 aromatic carbocycles. The fourth-order valence-corrected chi connectivity index (χ4v) is 23.3. The lowest BCUT2D eigenvalue weighted by molar-refractivity contribution is -0.387. The van der Waals surface area contributed by atoms with Crippen LogP contribution in [-0.2, 0) is 4.74 Å². The molecule has 132 heavy (non-hydrogen) atoms. The fourth-order valence-electron chi connectivity index (χ4n) is 23.3. The van der Waals surface area contributed by atoms with Crippen LogP contribution in [0.15, 0.2) is 122 Å². The number of fused-ring (bicyclic) bond motifs is 20. The van der Waals surface area contributed by atoms with Gasteiger partial charge in [-0.1, -0.05) is 142 Å². The van der Waals surface area contributed by atoms with Crippen LogP contribution in [0.2, 0.25) is 0 Å². The molecule has 0 heterocycles. The molecular weight excluding hydrogens is 1860 g/mol. The number of rotatable bonds is 8. The maximum Gasteiger partial charge on any atom is 0.406 e. The Morgan fingerprint density at radius 2 is 0.485 bits per heavy atom. The van der Waals surface area contributed by atoms with Crippen molar-refractivity contribution >= 4 is 0 Å². The van der Waals surface area contributed by atoms with E-state index in [4.69, 9.17) is 0 Å². The number of allylic oxidation sites excluding steroid dienone is 19. The average molecular weight is 1970 g/mol. The van der Waals surface area contributed by atoms with Gasteiger partial charge in [0.1, 0.15) is 17.0 Å². The second kappa shape index (κ2) is 35.1. The second-order valence-corrected chi connectivity index (χ2v) is 39.9. The summed E-state index contributed by atoms with van der Waals surface area (Å²) in [5, 5.41) is 0. The first kappa shape index (κ1) is 109. The fraction of sp³-hybridized carbons (Fsp3) is 0.783. The van der Waals surface area contributed by atoms with E-state index in [2.05, 4.69) is 16.9 Å². The molecule has 0 aromatic rings. The van der Waals surface area contributed by atoms with E-state index < -0.39 is 267 Å². The molecule has 754 valence electrons. The monoisotopic (exact) mass is 1970 g/mol. The summed E-state index contributed by atoms with van der Waals surface area (Å²) < 4.78 is 515. The lowest BCUT2D eigenvalue weighted by atomic mass is 9.67. The predicted octanol–water partition coefficient (Wildman–Crippen LogP) is 31.6. The lowest BCUT2D eigenvalue weighted by Crippen LogP contribution is -2.62. The molecule has 32 unspecified atom stereocenters. The maximum atomic E-state index is 14.6. The van der Waals surface area contributed by atoms with Crippen LogP contribution in [0.4, 0.5) is 171 Å². The number of halogens is 39. The molecule has 40 heteroatoms. The number of ether oxygens (including phenoxy) is 1. The van der Waals surface area contributed by atoms with Crippen LogP contribution < -0.4 is 0 Å². The van der Waals surface area contributed by atoms with E-state index in [1.54, 1.807) is 38.2 Å². The van der Waals surface area contributed by atoms with Gasteiger partial charge in [-0.15, -0.1) is 0 Å². The summed E-state index contributed by atoms with van der Waals surface area (Å²) in [5.41, 5.74) is -25.6. The zero-order valence-electron chi connectivity index (χ0n) is 73.2. The highest BCUT2D eigenvalue weighted by atomic mass is 19.4. The summed E-state index contributed by atoms with van der Waals surface area (Å²) in [6.07, 6.45) is 6.16. The summed E-state index contributed by atoms with van der Waals surface area (Å²) in [6, 6.07) is 0. The predicted molar refractivity (Wildman–Crippen MR) is 412 cm³/mol. The minimum atomic E-state index is -5.67. The largest absolute Gasteiger partial charge is 0.406 e. The Balaban J connectivity index is 0.000000153. The Labute approximate surface area is 739 Å². The van der Waals surface area contributed by atoms with Crippen LogP contribution in [0.3, 0.4) is 0 Å². The van der Waals surface area contributed by atoms with Crippen LogP contribution in [-0.4, -0.2) is 136 Å². The first-order valence-corrected chi connectivity index (χ1v) is 43.8. The normalized spacial score (nSPS) is 45.3. The van der Waals surface area contributed by atoms with Gasteiger partial charge >= 0.3 is 36.7 Å². The molecule has 0 N–H and O–H groups in total. The highest BCUT2D eigenvalue weighted by Crippen LogP contribution is 2.71. The smallest absolute Gasteiger partial charge is 0.276 e. The van der Waals surface area contributed by atoms with Crippen molar-refractivity contribution in [2.24, 2.45) is 136 Å². The van der Waals surface area contributed by atoms with Crippen LogP contribution >= 0.6 is 0 Å². The van der Waals surface area contributed by atoms with E-state index in [0.717, 1.165) is 111 Å². The van der Waals surface area contributed by atoms with E-state index in [-0.39, 0.29) is 70.1 Å². The Bertz CT molecular complexity index is 3970. The molecule has 20 bridgehead atoms. The van der Waals surface area contributed by atoms with Gasteiger partial charge < -0.3 is 0 Å². The summed E-state index contributed by atoms with van der Waals surface area (Å²) in [4.78, 5) is 0. The molecule has 10 fully saturated rings. The molecule has 0 spiro atoms. The topological polar surface area (TPSA) is 9.23 Å². The minimum Gasteiger partial charge on any atom is -0.276 e. The lowest BCUT2D eigenvalue weighted by Gasteiger charge is -2.45. The first-order chi connectivity index (χ1) is 59.7. The van der Waals surface area contributed by atoms with Gasteiger partial charge in [0.25, 0.3) is 41.4 Å². The maximum absolute atomic E-state index is 14.6. The molecule has 0 aromatic heterocycles. The molecule has 20 aliphatic carbocycles. The Hall–Kier alpha value is -5.37. The number of hydrogen-bond acceptors (Lipinski definition) is 1. The molecule has 20 aliphatic rings. The minimum absolute atomic E-state index is 0.0260. The van der Waals surface area contributed by atoms with Gasteiger partial charge in [-0.2, -0.15) is 70.2 Å². The third-order valence-corrected chi connectivity index (χ3v) is 32.1. The van der Waals surface area contributed by atoms with Crippen molar-refractivity contribution in [1.29, 1.82) is 0 Å². The third kappa shape index (κ3) is 17.6. The highest BCUT2D eigenvalue weighted by molar-refractivity contribution is 5.32. The molecule has 20 rings (SSSR count). The zero-order chi connectivity index (χ0) is 100. The van der Waals surface area contributed by atoms with E-state index in [9.17, 15) is 171 Å². The molecule has 0 aliphatic heterocycles. The molecule has 0 amide bonds. The van der Waals surface area contributed by atoms with E-state index in [1.807, 2.05) is 12.2 Å². The summed E-state index contributed by atoms with van der Waals surface area (Å²) in [7, 11) is 0.500. The summed E-state index contributed by atoms with van der Waals surface area (Å²) in [5.74, 6) is -47.1. The average Bonchev–Trinajstić information content (AvgIpc) is 1.43. The van der Waals surface area contributed by atoms with Gasteiger partial charge in [-0.3, -0.25) is 9.13 Å². The van der Waals surface area contributed by atoms with E-state index in [0.29, 0.717) is 19.0 Å². The molecule has 32 atom stereocenters. The van der Waals surface area contributed by atoms with Crippen molar-refractivity contribution in [3.8, 4) is 0 Å². The Morgan fingerprint density at radius 1 is 0.265 bits per heavy atom. The van der Waals surface area contributed by atoms with Crippen molar-refractivity contribution in [3.63, 3.8) is 0 Å². The first-order valence-electron chi connectivity index (χ1n) is 43.8. The van der Waals surface area contributed by atoms with Crippen molar-refractivity contribution in [3.05, 3.63) is 122 Å². The summed E-state index contributed by atoms with van der Waals surface area (Å²) >= 11 is 0. The molecule has 0 saturated heterocycles. The Morgan fingerprint density at radius 3 is 0.636 bits per heavy atom. The van der Waals surface area contributed by atoms with E-state index in [1.165, 1.54) is 36.5 Å². The highest BCUT2D eigenvalue weighted by Gasteiger charge is 2.83. The molecular formula is C92H107F39O. The van der Waals surface area contributed by atoms with Gasteiger partial charge in [0.05, 0.1) is 19.0 Å². The van der Waals surface area contributed by atoms with Crippen molar-refractivity contribution in [1.82, 2.24) is 0 Å². The summed E-state index contributed by atoms with van der Waals surface area (Å²) in [6.45, 7) is 10.6. The van der Waals surface area contributed by atoms with Crippen molar-refractivity contribution < 1.29 is 176 Å². The van der Waals surface area contributed by atoms with Gasteiger partial charge in [-0.05, 0) is 163 Å². The molecule has 1 nitrogen and oxygen atoms in total. The van der Waals surface area contributed by atoms with Crippen molar-refractivity contribution in [2.75, 3.05) is 7.18 Å². The third-order valence-electron chi connectivity index (χ3n) is 32.1. The van der Waals surface area contributed by atoms with Gasteiger partial charge in [0, 0.05) is 107 Å². The second-order valence-electron chi connectivity index (χ2n) is 39.9. The number of hydrogen-bond donors (Lipinski definition) is 0. The Kier molecular flexibility index (Phi) is 28.9. The SMILES string of the molecule is CC(C(F)(F)F)(C(F)(F)F)C1(F)CC2C=CC1C2.CC1(F)C2C=CC(C2)C1(F)F.CC1(F)C2C=CC(C2)C1(F)F.CC1(F)C2C=CC(C2)C1(F)F.CC1(F)C2C=CC(C2)C1(F)F.CC1(F)CC2C=CC1C2.CC1(F)CC2C=CC1C2.CCC(C(F)(F)F)C1(F)C2C=CC(C2)C1(F)F.CCC(C(F)(F)F)C1(F)C2C=CC(C2)C1(F)F.CCC(F)(F)OC1(F)C2C=CC(C2)C1(F)F.CF. The standard InChI is InChI=1S/C11H11F7.2C11H12F6.C10H11F5O.4C8H9F3.2C8H11F.CH3F/c1-8(10(13,14)15,11(16,17)18)9(12)5-6-2-3-7(9)4-6;2*1-2-8(11(15,16)17)9(12)6-3-4-7(5-6)10(9,13)14;1-2-8(11,12)16-10(15)7-4-3-6(5-7)9(10,13)14;4*1-7(9)5-2-3-6(4-5)8(7,10)11;2*1-8(9)5-6-2-3-7(8)4-6;1-2/h2-3,6-7H,4-5H2,1H3;2*3-4,6-8H,2,5H2,1H3;3-4,6-7H,2,5H2,1H3;4*2-3,5-6H,4H2,1H3;2*2-3,6-7H,4-5H2,1H3;1H3. The van der Waals surface area contributed by atoms with Gasteiger partial charge in [0.15, 0.2) is 39.4 Å². The van der Waals surface area contributed by atoms with Gasteiger partial charge in [0.2, 0.25) is 0 Å². The quantitative estimate of drug-likeness (QED) is 0.174.